The highest BCUT2D eigenvalue weighted by Crippen LogP contribution is 1.80. The van der Waals surface area contributed by atoms with Crippen molar-refractivity contribution in [2.45, 2.75) is 19.8 Å². The summed E-state index contributed by atoms with van der Waals surface area (Å²) in [6.07, 6.45) is 2.60. The Bertz CT molecular complexity index is 54.5. The fourth-order valence-corrected chi connectivity index (χ4v) is 1.16. The Kier molecular flexibility index (Phi) is 6.85. The van der Waals surface area contributed by atoms with Crippen molar-refractivity contribution in [3.05, 3.63) is 12.3 Å². The summed E-state index contributed by atoms with van der Waals surface area (Å²) in [6, 6.07) is 0. The highest BCUT2D eigenvalue weighted by atomic mass is 28.2. The summed E-state index contributed by atoms with van der Waals surface area (Å²) in [6.45, 7) is 7.05. The number of hydrogen-bond acceptors (Lipinski definition) is 1. The highest BCUT2D eigenvalue weighted by molar-refractivity contribution is 6.38. The first-order chi connectivity index (χ1) is 3.91. The van der Waals surface area contributed by atoms with E-state index in [9.17, 15) is 0 Å². The van der Waals surface area contributed by atoms with Gasteiger partial charge in [-0.2, -0.15) is 0 Å². The summed E-state index contributed by atoms with van der Waals surface area (Å²) in [5.74, 6) is 0. The van der Waals surface area contributed by atoms with Crippen LogP contribution in [0.15, 0.2) is 12.3 Å². The SMILES string of the molecule is C=C[SiH2]NCCCC. The van der Waals surface area contributed by atoms with Gasteiger partial charge in [0.15, 0.2) is 0 Å². The van der Waals surface area contributed by atoms with Crippen molar-refractivity contribution in [1.82, 2.24) is 4.98 Å². The molecule has 0 heterocycles. The van der Waals surface area contributed by atoms with Gasteiger partial charge in [-0.3, -0.25) is 0 Å². The van der Waals surface area contributed by atoms with E-state index in [1.807, 2.05) is 5.70 Å². The van der Waals surface area contributed by atoms with Gasteiger partial charge in [-0.05, 0) is 13.0 Å². The minimum absolute atomic E-state index is 0.0847. The molecule has 0 radical (unpaired) electrons. The Labute approximate surface area is 54.1 Å². The molecular formula is C6H15NSi. The summed E-state index contributed by atoms with van der Waals surface area (Å²) in [5.41, 5.74) is 2.02. The third-order valence-corrected chi connectivity index (χ3v) is 1.93. The maximum Gasteiger partial charge on any atom is 0.116 e. The molecule has 0 spiro atoms. The quantitative estimate of drug-likeness (QED) is 0.423. The average molecular weight is 129 g/mol. The van der Waals surface area contributed by atoms with Crippen molar-refractivity contribution in [2.75, 3.05) is 6.54 Å². The second kappa shape index (κ2) is 6.92. The van der Waals surface area contributed by atoms with Crippen LogP contribution in [0.4, 0.5) is 0 Å². The Morgan fingerprint density at radius 1 is 1.75 bits per heavy atom. The van der Waals surface area contributed by atoms with Crippen LogP contribution in [0.3, 0.4) is 0 Å². The Morgan fingerprint density at radius 2 is 2.50 bits per heavy atom. The molecule has 0 aromatic carbocycles. The van der Waals surface area contributed by atoms with Gasteiger partial charge in [0.2, 0.25) is 0 Å². The minimum Gasteiger partial charge on any atom is -0.339 e. The van der Waals surface area contributed by atoms with E-state index in [-0.39, 0.29) is 9.68 Å². The fraction of sp³-hybridized carbons (Fsp3) is 0.667. The van der Waals surface area contributed by atoms with E-state index < -0.39 is 0 Å². The molecule has 0 aliphatic heterocycles. The van der Waals surface area contributed by atoms with Crippen LogP contribution in [0, 0.1) is 0 Å². The molecule has 0 aliphatic rings. The minimum atomic E-state index is -0.0847. The Hall–Kier alpha value is -0.0831. The molecule has 0 bridgehead atoms. The molecule has 0 aromatic heterocycles. The van der Waals surface area contributed by atoms with Crippen LogP contribution in [0.2, 0.25) is 0 Å². The molecule has 0 fully saturated rings. The van der Waals surface area contributed by atoms with Crippen LogP contribution in [0.25, 0.3) is 0 Å². The predicted molar refractivity (Wildman–Crippen MR) is 41.7 cm³/mol. The van der Waals surface area contributed by atoms with Gasteiger partial charge in [-0.1, -0.05) is 19.0 Å². The monoisotopic (exact) mass is 129 g/mol. The fourth-order valence-electron chi connectivity index (χ4n) is 0.506. The van der Waals surface area contributed by atoms with Gasteiger partial charge in [0.1, 0.15) is 9.68 Å². The van der Waals surface area contributed by atoms with Crippen LogP contribution < -0.4 is 4.98 Å². The summed E-state index contributed by atoms with van der Waals surface area (Å²) in [7, 11) is -0.0847. The van der Waals surface area contributed by atoms with Crippen molar-refractivity contribution in [3.8, 4) is 0 Å². The molecule has 1 nitrogen and oxygen atoms in total. The number of rotatable bonds is 5. The zero-order valence-electron chi connectivity index (χ0n) is 5.61. The van der Waals surface area contributed by atoms with E-state index in [2.05, 4.69) is 18.5 Å². The van der Waals surface area contributed by atoms with Gasteiger partial charge in [0.25, 0.3) is 0 Å². The third kappa shape index (κ3) is 5.92. The van der Waals surface area contributed by atoms with Crippen LogP contribution >= 0.6 is 0 Å². The first-order valence-corrected chi connectivity index (χ1v) is 4.75. The normalized spacial score (nSPS) is 10.6. The lowest BCUT2D eigenvalue weighted by atomic mass is 10.3. The third-order valence-electron chi connectivity index (χ3n) is 0.996. The summed E-state index contributed by atoms with van der Waals surface area (Å²) in [4.78, 5) is 3.36. The van der Waals surface area contributed by atoms with E-state index in [1.54, 1.807) is 0 Å². The molecule has 8 heavy (non-hydrogen) atoms. The lowest BCUT2D eigenvalue weighted by Crippen LogP contribution is -2.17. The van der Waals surface area contributed by atoms with E-state index >= 15 is 0 Å². The van der Waals surface area contributed by atoms with Crippen LogP contribution in [-0.2, 0) is 0 Å². The summed E-state index contributed by atoms with van der Waals surface area (Å²) >= 11 is 0. The molecule has 48 valence electrons. The lowest BCUT2D eigenvalue weighted by Gasteiger charge is -1.95. The van der Waals surface area contributed by atoms with E-state index in [0.29, 0.717) is 0 Å². The standard InChI is InChI=1S/C6H15NSi/c1-3-5-6-7-8-4-2/h4,7H,2-3,5-6,8H2,1H3. The molecule has 0 aliphatic carbocycles. The van der Waals surface area contributed by atoms with E-state index in [4.69, 9.17) is 0 Å². The molecular weight excluding hydrogens is 114 g/mol. The molecule has 1 N–H and O–H groups in total. The first-order valence-electron chi connectivity index (χ1n) is 3.23. The molecule has 2 heteroatoms. The van der Waals surface area contributed by atoms with Gasteiger partial charge in [-0.15, -0.1) is 6.58 Å². The molecule has 0 atom stereocenters. The number of nitrogens with one attached hydrogen (secondary N) is 1. The van der Waals surface area contributed by atoms with Crippen LogP contribution in [0.1, 0.15) is 19.8 Å². The van der Waals surface area contributed by atoms with E-state index in [1.165, 1.54) is 19.4 Å². The van der Waals surface area contributed by atoms with Gasteiger partial charge < -0.3 is 4.98 Å². The lowest BCUT2D eigenvalue weighted by molar-refractivity contribution is 0.768. The Morgan fingerprint density at radius 3 is 3.00 bits per heavy atom. The smallest absolute Gasteiger partial charge is 0.116 e. The second-order valence-corrected chi connectivity index (χ2v) is 3.33. The van der Waals surface area contributed by atoms with Crippen molar-refractivity contribution in [2.24, 2.45) is 0 Å². The van der Waals surface area contributed by atoms with Crippen LogP contribution in [0.5, 0.6) is 0 Å². The number of hydrogen-bond donors (Lipinski definition) is 1. The van der Waals surface area contributed by atoms with Crippen molar-refractivity contribution >= 4 is 9.68 Å². The molecule has 0 saturated heterocycles. The molecule has 0 saturated carbocycles. The van der Waals surface area contributed by atoms with Crippen LogP contribution in [-0.4, -0.2) is 16.2 Å². The van der Waals surface area contributed by atoms with E-state index in [0.717, 1.165) is 0 Å². The van der Waals surface area contributed by atoms with Gasteiger partial charge >= 0.3 is 0 Å². The zero-order chi connectivity index (χ0) is 6.24. The predicted octanol–water partition coefficient (Wildman–Crippen LogP) is 0.603. The van der Waals surface area contributed by atoms with Gasteiger partial charge in [0, 0.05) is 0 Å². The maximum atomic E-state index is 3.66. The van der Waals surface area contributed by atoms with Crippen molar-refractivity contribution in [1.29, 1.82) is 0 Å². The maximum absolute atomic E-state index is 3.66. The molecule has 0 rings (SSSR count). The van der Waals surface area contributed by atoms with Crippen molar-refractivity contribution in [3.63, 3.8) is 0 Å². The van der Waals surface area contributed by atoms with Crippen molar-refractivity contribution < 1.29 is 0 Å². The summed E-state index contributed by atoms with van der Waals surface area (Å²) in [5, 5.41) is 0. The highest BCUT2D eigenvalue weighted by Gasteiger charge is 1.79. The largest absolute Gasteiger partial charge is 0.339 e. The Balaban J connectivity index is 2.62. The summed E-state index contributed by atoms with van der Waals surface area (Å²) < 4.78 is 0. The van der Waals surface area contributed by atoms with Gasteiger partial charge in [-0.25, -0.2) is 0 Å². The topological polar surface area (TPSA) is 12.0 Å². The molecule has 0 unspecified atom stereocenters. The molecule has 0 aromatic rings. The average Bonchev–Trinajstić information content (AvgIpc) is 1.81. The second-order valence-electron chi connectivity index (χ2n) is 1.85. The molecule has 0 amide bonds. The zero-order valence-corrected chi connectivity index (χ0v) is 7.03. The number of unbranched alkanes of at least 4 members (excludes halogenated alkanes) is 1. The van der Waals surface area contributed by atoms with Gasteiger partial charge in [0.05, 0.1) is 0 Å². The first kappa shape index (κ1) is 7.92.